The van der Waals surface area contributed by atoms with Gasteiger partial charge < -0.3 is 10.2 Å². The number of hydrogen-bond acceptors (Lipinski definition) is 2. The van der Waals surface area contributed by atoms with Crippen molar-refractivity contribution in [3.63, 3.8) is 0 Å². The number of thiocarbonyl (C=S) groups is 1. The van der Waals surface area contributed by atoms with Gasteiger partial charge in [0.15, 0.2) is 5.05 Å². The minimum Gasteiger partial charge on any atom is -0.502 e. The van der Waals surface area contributed by atoms with Crippen LogP contribution < -0.4 is 0 Å². The van der Waals surface area contributed by atoms with Crippen molar-refractivity contribution in [2.45, 2.75) is 20.3 Å². The molecule has 0 radical (unpaired) electrons. The average molecular weight is 136 g/mol. The monoisotopic (exact) mass is 136 g/mol. The van der Waals surface area contributed by atoms with Gasteiger partial charge in [-0.15, -0.1) is 0 Å². The maximum absolute atomic E-state index is 8.09. The summed E-state index contributed by atoms with van der Waals surface area (Å²) < 4.78 is 0. The first-order chi connectivity index (χ1) is 3.68. The molecule has 0 saturated heterocycles. The molecule has 0 aromatic carbocycles. The summed E-state index contributed by atoms with van der Waals surface area (Å²) in [6.07, 6.45) is 0.593. The third-order valence-electron chi connectivity index (χ3n) is 0.302. The van der Waals surface area contributed by atoms with Gasteiger partial charge >= 0.3 is 0 Å². The first-order valence-corrected chi connectivity index (χ1v) is 2.92. The van der Waals surface area contributed by atoms with Gasteiger partial charge in [0.25, 0.3) is 0 Å². The van der Waals surface area contributed by atoms with Crippen molar-refractivity contribution in [3.8, 4) is 0 Å². The van der Waals surface area contributed by atoms with E-state index < -0.39 is 0 Å². The molecule has 0 aromatic rings. The van der Waals surface area contributed by atoms with Gasteiger partial charge in [-0.25, -0.2) is 0 Å². The Morgan fingerprint density at radius 1 is 1.50 bits per heavy atom. The number of aliphatic hydroxyl groups is 2. The van der Waals surface area contributed by atoms with Crippen molar-refractivity contribution < 1.29 is 10.2 Å². The van der Waals surface area contributed by atoms with Gasteiger partial charge in [0.2, 0.25) is 0 Å². The van der Waals surface area contributed by atoms with Crippen LogP contribution in [-0.4, -0.2) is 21.9 Å². The molecule has 0 aliphatic rings. The van der Waals surface area contributed by atoms with Crippen molar-refractivity contribution in [1.82, 2.24) is 0 Å². The van der Waals surface area contributed by atoms with E-state index in [1.54, 1.807) is 6.92 Å². The first-order valence-electron chi connectivity index (χ1n) is 2.51. The lowest BCUT2D eigenvalue weighted by Gasteiger charge is -1.76. The summed E-state index contributed by atoms with van der Waals surface area (Å²) in [4.78, 5) is 0. The Morgan fingerprint density at radius 3 is 1.62 bits per heavy atom. The number of rotatable bonds is 1. The molecule has 0 atom stereocenters. The third-order valence-corrected chi connectivity index (χ3v) is 0.591. The summed E-state index contributed by atoms with van der Waals surface area (Å²) in [6, 6.07) is 0. The molecule has 0 aliphatic carbocycles. The zero-order valence-corrected chi connectivity index (χ0v) is 6.03. The van der Waals surface area contributed by atoms with E-state index in [0.717, 1.165) is 0 Å². The molecule has 0 fully saturated rings. The molecule has 0 saturated carbocycles. The Balaban J connectivity index is 0. The van der Waals surface area contributed by atoms with Gasteiger partial charge in [-0.1, -0.05) is 6.92 Å². The normalized spacial score (nSPS) is 6.88. The van der Waals surface area contributed by atoms with Crippen LogP contribution in [0.5, 0.6) is 0 Å². The van der Waals surface area contributed by atoms with E-state index in [9.17, 15) is 0 Å². The molecule has 2 N–H and O–H groups in total. The SMILES string of the molecule is CCC(O)=S.CCO. The van der Waals surface area contributed by atoms with E-state index in [-0.39, 0.29) is 11.7 Å². The fourth-order valence-electron chi connectivity index (χ4n) is 0. The Labute approximate surface area is 55.2 Å². The third kappa shape index (κ3) is 40.2. The van der Waals surface area contributed by atoms with Gasteiger partial charge in [-0.2, -0.15) is 0 Å². The average Bonchev–Trinajstić information content (AvgIpc) is 1.69. The first kappa shape index (κ1) is 10.8. The summed E-state index contributed by atoms with van der Waals surface area (Å²) in [6.45, 7) is 3.74. The zero-order valence-electron chi connectivity index (χ0n) is 5.22. The number of aliphatic hydroxyl groups excluding tert-OH is 2. The Kier molecular flexibility index (Phi) is 13.4. The topological polar surface area (TPSA) is 40.5 Å². The summed E-state index contributed by atoms with van der Waals surface area (Å²) >= 11 is 4.25. The standard InChI is InChI=1S/C3H6OS.C2H6O/c1-2-3(4)5;1-2-3/h2H2,1H3,(H,4,5);3H,2H2,1H3. The predicted molar refractivity (Wildman–Crippen MR) is 38.3 cm³/mol. The summed E-state index contributed by atoms with van der Waals surface area (Å²) in [5.74, 6) is 0. The van der Waals surface area contributed by atoms with E-state index in [1.165, 1.54) is 0 Å². The largest absolute Gasteiger partial charge is 0.502 e. The fourth-order valence-corrected chi connectivity index (χ4v) is 0. The van der Waals surface area contributed by atoms with E-state index in [0.29, 0.717) is 6.42 Å². The molecule has 0 unspecified atom stereocenters. The second-order valence-corrected chi connectivity index (χ2v) is 1.53. The van der Waals surface area contributed by atoms with Crippen molar-refractivity contribution in [2.24, 2.45) is 0 Å². The Bertz CT molecular complexity index is 54.4. The van der Waals surface area contributed by atoms with Crippen LogP contribution in [-0.2, 0) is 0 Å². The lowest BCUT2D eigenvalue weighted by molar-refractivity contribution is 0.318. The van der Waals surface area contributed by atoms with Crippen LogP contribution in [0.3, 0.4) is 0 Å². The predicted octanol–water partition coefficient (Wildman–Crippen LogP) is 1.28. The maximum atomic E-state index is 8.09. The Morgan fingerprint density at radius 2 is 1.62 bits per heavy atom. The minimum absolute atomic E-state index is 0.0880. The summed E-state index contributed by atoms with van der Waals surface area (Å²) in [7, 11) is 0. The van der Waals surface area contributed by atoms with Crippen molar-refractivity contribution >= 4 is 17.3 Å². The molecular formula is C5H12O2S. The second-order valence-electron chi connectivity index (χ2n) is 1.06. The van der Waals surface area contributed by atoms with Crippen LogP contribution in [0.15, 0.2) is 0 Å². The lowest BCUT2D eigenvalue weighted by Crippen LogP contribution is -1.82. The second kappa shape index (κ2) is 9.97. The Hall–Kier alpha value is -0.150. The van der Waals surface area contributed by atoms with Gasteiger partial charge in [-0.3, -0.25) is 0 Å². The summed E-state index contributed by atoms with van der Waals surface area (Å²) in [5, 5.41) is 15.8. The summed E-state index contributed by atoms with van der Waals surface area (Å²) in [5.41, 5.74) is 0. The van der Waals surface area contributed by atoms with Crippen molar-refractivity contribution in [3.05, 3.63) is 0 Å². The molecule has 2 nitrogen and oxygen atoms in total. The van der Waals surface area contributed by atoms with E-state index in [2.05, 4.69) is 12.2 Å². The molecular weight excluding hydrogens is 124 g/mol. The molecule has 50 valence electrons. The van der Waals surface area contributed by atoms with Crippen molar-refractivity contribution in [1.29, 1.82) is 0 Å². The van der Waals surface area contributed by atoms with Crippen LogP contribution in [0.1, 0.15) is 20.3 Å². The molecule has 0 bridgehead atoms. The molecule has 0 amide bonds. The quantitative estimate of drug-likeness (QED) is 0.533. The molecule has 0 aliphatic heterocycles. The fraction of sp³-hybridized carbons (Fsp3) is 0.800. The van der Waals surface area contributed by atoms with Crippen LogP contribution in [0, 0.1) is 0 Å². The smallest absolute Gasteiger partial charge is 0.156 e. The molecule has 0 heterocycles. The van der Waals surface area contributed by atoms with Gasteiger partial charge in [-0.05, 0) is 19.1 Å². The molecule has 3 heteroatoms. The van der Waals surface area contributed by atoms with E-state index in [4.69, 9.17) is 10.2 Å². The molecule has 8 heavy (non-hydrogen) atoms. The van der Waals surface area contributed by atoms with E-state index in [1.807, 2.05) is 6.92 Å². The maximum Gasteiger partial charge on any atom is 0.156 e. The minimum atomic E-state index is 0.0880. The molecule has 0 rings (SSSR count). The van der Waals surface area contributed by atoms with Gasteiger partial charge in [0.1, 0.15) is 0 Å². The van der Waals surface area contributed by atoms with Crippen LogP contribution >= 0.6 is 12.2 Å². The zero-order chi connectivity index (χ0) is 6.99. The highest BCUT2D eigenvalue weighted by molar-refractivity contribution is 7.80. The van der Waals surface area contributed by atoms with Crippen LogP contribution in [0.2, 0.25) is 0 Å². The number of hydrogen-bond donors (Lipinski definition) is 2. The van der Waals surface area contributed by atoms with Crippen LogP contribution in [0.4, 0.5) is 0 Å². The molecule has 0 aromatic heterocycles. The van der Waals surface area contributed by atoms with Gasteiger partial charge in [0.05, 0.1) is 0 Å². The highest BCUT2D eigenvalue weighted by Crippen LogP contribution is 1.73. The highest BCUT2D eigenvalue weighted by atomic mass is 32.1. The van der Waals surface area contributed by atoms with Crippen molar-refractivity contribution in [2.75, 3.05) is 6.61 Å². The highest BCUT2D eigenvalue weighted by Gasteiger charge is 1.74. The molecule has 0 spiro atoms. The van der Waals surface area contributed by atoms with Crippen LogP contribution in [0.25, 0.3) is 0 Å². The lowest BCUT2D eigenvalue weighted by atomic mass is 10.5. The van der Waals surface area contributed by atoms with Gasteiger partial charge in [0, 0.05) is 13.0 Å². The van der Waals surface area contributed by atoms with E-state index >= 15 is 0 Å².